The Morgan fingerprint density at radius 3 is 2.93 bits per heavy atom. The predicted molar refractivity (Wildman–Crippen MR) is 103 cm³/mol. The van der Waals surface area contributed by atoms with Gasteiger partial charge in [-0.25, -0.2) is 9.78 Å². The summed E-state index contributed by atoms with van der Waals surface area (Å²) in [7, 11) is 0. The number of hydrogen-bond donors (Lipinski definition) is 1. The van der Waals surface area contributed by atoms with E-state index in [0.717, 1.165) is 13.0 Å². The summed E-state index contributed by atoms with van der Waals surface area (Å²) in [5.74, 6) is 2.19. The molecule has 142 valence electrons. The van der Waals surface area contributed by atoms with E-state index < -0.39 is 0 Å². The van der Waals surface area contributed by atoms with Gasteiger partial charge in [0.15, 0.2) is 16.1 Å². The molecule has 3 aromatic heterocycles. The monoisotopic (exact) mass is 433 g/mol. The van der Waals surface area contributed by atoms with Gasteiger partial charge in [0.25, 0.3) is 0 Å². The van der Waals surface area contributed by atoms with Crippen LogP contribution in [0.15, 0.2) is 33.4 Å². The Kier molecular flexibility index (Phi) is 4.77. The van der Waals surface area contributed by atoms with Gasteiger partial charge < -0.3 is 19.8 Å². The summed E-state index contributed by atoms with van der Waals surface area (Å²) in [6, 6.07) is 6.74. The number of fused-ring (bicyclic) bond motifs is 1. The highest BCUT2D eigenvalue weighted by Crippen LogP contribution is 2.30. The van der Waals surface area contributed by atoms with Crippen molar-refractivity contribution in [2.24, 2.45) is 5.92 Å². The smallest absolute Gasteiger partial charge is 0.415 e. The number of nitrogens with zero attached hydrogens (tertiary/aromatic N) is 4. The van der Waals surface area contributed by atoms with Crippen LogP contribution in [0.4, 0.5) is 10.6 Å². The summed E-state index contributed by atoms with van der Waals surface area (Å²) in [6.45, 7) is 3.46. The zero-order chi connectivity index (χ0) is 19.0. The molecule has 0 bridgehead atoms. The summed E-state index contributed by atoms with van der Waals surface area (Å²) in [4.78, 5) is 18.7. The van der Waals surface area contributed by atoms with Gasteiger partial charge in [-0.2, -0.15) is 4.52 Å². The third-order valence-electron chi connectivity index (χ3n) is 4.36. The Bertz CT molecular complexity index is 979. The molecular weight excluding hydrogens is 414 g/mol. The number of rotatable bonds is 6. The van der Waals surface area contributed by atoms with Crippen LogP contribution in [-0.2, 0) is 0 Å². The highest BCUT2D eigenvalue weighted by molar-refractivity contribution is 9.10. The maximum atomic E-state index is 12.5. The molecule has 1 aliphatic carbocycles. The molecule has 3 heterocycles. The highest BCUT2D eigenvalue weighted by atomic mass is 79.9. The number of carbonyl (C=O) groups excluding carboxylic acids is 1. The predicted octanol–water partition coefficient (Wildman–Crippen LogP) is 3.95. The fourth-order valence-electron chi connectivity index (χ4n) is 2.89. The number of nitrogens with two attached hydrogens (primary N) is 1. The van der Waals surface area contributed by atoms with Crippen molar-refractivity contribution in [3.63, 3.8) is 0 Å². The minimum absolute atomic E-state index is 0.323. The van der Waals surface area contributed by atoms with Gasteiger partial charge in [0.05, 0.1) is 0 Å². The summed E-state index contributed by atoms with van der Waals surface area (Å²) in [5, 5.41) is 4.34. The number of amides is 1. The van der Waals surface area contributed by atoms with Crippen LogP contribution in [0.5, 0.6) is 5.75 Å². The van der Waals surface area contributed by atoms with E-state index in [9.17, 15) is 4.79 Å². The van der Waals surface area contributed by atoms with Crippen LogP contribution in [0.3, 0.4) is 0 Å². The molecule has 27 heavy (non-hydrogen) atoms. The number of ether oxygens (including phenoxy) is 1. The minimum Gasteiger partial charge on any atom is -0.446 e. The van der Waals surface area contributed by atoms with E-state index in [-0.39, 0.29) is 6.09 Å². The number of aromatic nitrogens is 3. The quantitative estimate of drug-likeness (QED) is 0.631. The summed E-state index contributed by atoms with van der Waals surface area (Å²) in [5.41, 5.74) is 6.55. The van der Waals surface area contributed by atoms with Crippen molar-refractivity contribution in [1.82, 2.24) is 19.5 Å². The lowest BCUT2D eigenvalue weighted by Gasteiger charge is -2.21. The third kappa shape index (κ3) is 3.92. The van der Waals surface area contributed by atoms with Gasteiger partial charge in [0, 0.05) is 25.2 Å². The number of nitrogen functional groups attached to an aromatic ring is 1. The van der Waals surface area contributed by atoms with Gasteiger partial charge in [-0.3, -0.25) is 0 Å². The van der Waals surface area contributed by atoms with Crippen LogP contribution in [0.1, 0.15) is 26.2 Å². The molecule has 9 heteroatoms. The van der Waals surface area contributed by atoms with Crippen LogP contribution >= 0.6 is 15.9 Å². The van der Waals surface area contributed by atoms with Crippen LogP contribution in [0, 0.1) is 5.92 Å². The SMILES string of the molecule is CCCN(CC1CC1)C(=O)Oc1cc(N)n2nc(-c3ccc(Br)o3)nc2c1. The van der Waals surface area contributed by atoms with Gasteiger partial charge in [-0.05, 0) is 53.2 Å². The molecule has 1 saturated carbocycles. The second kappa shape index (κ2) is 7.22. The lowest BCUT2D eigenvalue weighted by Crippen LogP contribution is -2.35. The Balaban J connectivity index is 1.57. The van der Waals surface area contributed by atoms with E-state index in [0.29, 0.717) is 45.9 Å². The van der Waals surface area contributed by atoms with E-state index in [1.54, 1.807) is 29.2 Å². The van der Waals surface area contributed by atoms with Crippen molar-refractivity contribution in [2.45, 2.75) is 26.2 Å². The maximum absolute atomic E-state index is 12.5. The van der Waals surface area contributed by atoms with Crippen LogP contribution in [0.2, 0.25) is 0 Å². The van der Waals surface area contributed by atoms with E-state index >= 15 is 0 Å². The zero-order valence-electron chi connectivity index (χ0n) is 14.9. The molecule has 1 aliphatic rings. The average molecular weight is 434 g/mol. The Morgan fingerprint density at radius 1 is 1.44 bits per heavy atom. The maximum Gasteiger partial charge on any atom is 0.415 e. The number of pyridine rings is 1. The molecule has 0 radical (unpaired) electrons. The number of furan rings is 1. The van der Waals surface area contributed by atoms with Crippen LogP contribution in [0.25, 0.3) is 17.2 Å². The lowest BCUT2D eigenvalue weighted by molar-refractivity contribution is 0.150. The first kappa shape index (κ1) is 17.8. The van der Waals surface area contributed by atoms with E-state index in [4.69, 9.17) is 14.9 Å². The molecule has 2 N–H and O–H groups in total. The molecule has 0 spiro atoms. The summed E-state index contributed by atoms with van der Waals surface area (Å²) in [6.07, 6.45) is 2.88. The first-order chi connectivity index (χ1) is 13.0. The van der Waals surface area contributed by atoms with Gasteiger partial charge >= 0.3 is 6.09 Å². The number of anilines is 1. The molecule has 0 aromatic carbocycles. The molecule has 1 amide bonds. The van der Waals surface area contributed by atoms with E-state index in [1.165, 1.54) is 17.4 Å². The van der Waals surface area contributed by atoms with Crippen molar-refractivity contribution in [2.75, 3.05) is 18.8 Å². The van der Waals surface area contributed by atoms with Gasteiger partial charge in [0.2, 0.25) is 5.82 Å². The fourth-order valence-corrected chi connectivity index (χ4v) is 3.19. The molecule has 1 fully saturated rings. The highest BCUT2D eigenvalue weighted by Gasteiger charge is 2.27. The lowest BCUT2D eigenvalue weighted by atomic mass is 10.3. The largest absolute Gasteiger partial charge is 0.446 e. The third-order valence-corrected chi connectivity index (χ3v) is 4.79. The summed E-state index contributed by atoms with van der Waals surface area (Å²) < 4.78 is 13.1. The fraction of sp³-hybridized carbons (Fsp3) is 0.389. The van der Waals surface area contributed by atoms with Crippen molar-refractivity contribution in [3.05, 3.63) is 28.9 Å². The average Bonchev–Trinajstić information content (AvgIpc) is 3.16. The van der Waals surface area contributed by atoms with Crippen LogP contribution in [-0.4, -0.2) is 38.7 Å². The topological polar surface area (TPSA) is 98.9 Å². The van der Waals surface area contributed by atoms with Crippen molar-refractivity contribution in [3.8, 4) is 17.3 Å². The van der Waals surface area contributed by atoms with Gasteiger partial charge in [0.1, 0.15) is 11.6 Å². The van der Waals surface area contributed by atoms with Crippen molar-refractivity contribution < 1.29 is 13.9 Å². The van der Waals surface area contributed by atoms with Crippen molar-refractivity contribution in [1.29, 1.82) is 0 Å². The Morgan fingerprint density at radius 2 is 2.26 bits per heavy atom. The second-order valence-corrected chi connectivity index (χ2v) is 7.46. The number of halogens is 1. The second-order valence-electron chi connectivity index (χ2n) is 6.68. The number of hydrogen-bond acceptors (Lipinski definition) is 6. The molecular formula is C18H20BrN5O3. The van der Waals surface area contributed by atoms with Crippen molar-refractivity contribution >= 4 is 33.5 Å². The molecule has 0 unspecified atom stereocenters. The van der Waals surface area contributed by atoms with Crippen LogP contribution < -0.4 is 10.5 Å². The molecule has 0 saturated heterocycles. The normalized spacial score (nSPS) is 13.9. The molecule has 0 aliphatic heterocycles. The van der Waals surface area contributed by atoms with Gasteiger partial charge in [-0.15, -0.1) is 5.10 Å². The first-order valence-electron chi connectivity index (χ1n) is 8.92. The van der Waals surface area contributed by atoms with Gasteiger partial charge in [-0.1, -0.05) is 6.92 Å². The number of carbonyl (C=O) groups is 1. The Hall–Kier alpha value is -2.55. The molecule has 3 aromatic rings. The summed E-state index contributed by atoms with van der Waals surface area (Å²) >= 11 is 3.26. The van der Waals surface area contributed by atoms with E-state index in [2.05, 4.69) is 26.0 Å². The molecule has 8 nitrogen and oxygen atoms in total. The zero-order valence-corrected chi connectivity index (χ0v) is 16.5. The standard InChI is InChI=1S/C18H20BrN5O3/c1-2-7-23(10-11-3-4-11)18(25)26-12-8-15(20)24-16(9-12)21-17(22-24)13-5-6-14(19)27-13/h5-6,8-9,11H,2-4,7,10,20H2,1H3. The minimum atomic E-state index is -0.359. The Labute approximate surface area is 164 Å². The molecule has 4 rings (SSSR count). The first-order valence-corrected chi connectivity index (χ1v) is 9.71. The van der Waals surface area contributed by atoms with E-state index in [1.807, 2.05) is 6.92 Å². The molecule has 0 atom stereocenters.